The van der Waals surface area contributed by atoms with Gasteiger partial charge in [-0.15, -0.1) is 11.8 Å². The lowest BCUT2D eigenvalue weighted by Crippen LogP contribution is -2.12. The SMILES string of the molecule is CC(CCO)Sc1cc2c(cc1Cl)C(=O)C(=O)N2. The number of benzene rings is 1. The van der Waals surface area contributed by atoms with Gasteiger partial charge in [0.25, 0.3) is 11.7 Å². The van der Waals surface area contributed by atoms with E-state index in [1.807, 2.05) is 6.92 Å². The van der Waals surface area contributed by atoms with Crippen molar-refractivity contribution in [2.24, 2.45) is 0 Å². The summed E-state index contributed by atoms with van der Waals surface area (Å²) in [6, 6.07) is 3.23. The molecule has 0 aromatic heterocycles. The second-order valence-corrected chi connectivity index (χ2v) is 5.94. The minimum absolute atomic E-state index is 0.117. The molecule has 0 spiro atoms. The molecule has 1 unspecified atom stereocenters. The van der Waals surface area contributed by atoms with Gasteiger partial charge in [-0.3, -0.25) is 9.59 Å². The van der Waals surface area contributed by atoms with Gasteiger partial charge >= 0.3 is 0 Å². The van der Waals surface area contributed by atoms with Crippen LogP contribution >= 0.6 is 23.4 Å². The maximum Gasteiger partial charge on any atom is 0.296 e. The fourth-order valence-electron chi connectivity index (χ4n) is 1.69. The molecule has 1 heterocycles. The molecular weight excluding hydrogens is 274 g/mol. The summed E-state index contributed by atoms with van der Waals surface area (Å²) in [4.78, 5) is 23.5. The number of fused-ring (bicyclic) bond motifs is 1. The molecule has 6 heteroatoms. The van der Waals surface area contributed by atoms with E-state index in [-0.39, 0.29) is 11.9 Å². The summed E-state index contributed by atoms with van der Waals surface area (Å²) < 4.78 is 0. The number of rotatable bonds is 4. The van der Waals surface area contributed by atoms with E-state index >= 15 is 0 Å². The highest BCUT2D eigenvalue weighted by Gasteiger charge is 2.29. The molecule has 2 N–H and O–H groups in total. The van der Waals surface area contributed by atoms with Crippen molar-refractivity contribution in [3.8, 4) is 0 Å². The van der Waals surface area contributed by atoms with Crippen LogP contribution in [0.1, 0.15) is 23.7 Å². The molecule has 0 aliphatic carbocycles. The number of Topliss-reactive ketones (excluding diaryl/α,β-unsaturated/α-hetero) is 1. The van der Waals surface area contributed by atoms with Gasteiger partial charge in [-0.1, -0.05) is 18.5 Å². The molecule has 0 saturated heterocycles. The van der Waals surface area contributed by atoms with E-state index in [0.29, 0.717) is 22.7 Å². The standard InChI is InChI=1S/C12H12ClNO3S/c1-6(2-3-15)18-10-5-9-7(4-8(10)13)11(16)12(17)14-9/h4-6,15H,2-3H2,1H3,(H,14,16,17). The van der Waals surface area contributed by atoms with Crippen molar-refractivity contribution in [3.05, 3.63) is 22.7 Å². The highest BCUT2D eigenvalue weighted by atomic mass is 35.5. The zero-order valence-electron chi connectivity index (χ0n) is 9.70. The molecule has 0 saturated carbocycles. The second kappa shape index (κ2) is 5.30. The van der Waals surface area contributed by atoms with E-state index < -0.39 is 11.7 Å². The van der Waals surface area contributed by atoms with Gasteiger partial charge in [0.1, 0.15) is 0 Å². The van der Waals surface area contributed by atoms with Crippen LogP contribution in [0.25, 0.3) is 0 Å². The van der Waals surface area contributed by atoms with Crippen molar-refractivity contribution >= 4 is 40.7 Å². The van der Waals surface area contributed by atoms with Gasteiger partial charge in [0, 0.05) is 16.8 Å². The Morgan fingerprint density at radius 1 is 1.44 bits per heavy atom. The Kier molecular flexibility index (Phi) is 3.94. The number of amides is 1. The third kappa shape index (κ3) is 2.53. The minimum atomic E-state index is -0.619. The van der Waals surface area contributed by atoms with Crippen LogP contribution < -0.4 is 5.32 Å². The van der Waals surface area contributed by atoms with E-state index in [2.05, 4.69) is 5.32 Å². The normalized spacial score (nSPS) is 15.5. The largest absolute Gasteiger partial charge is 0.396 e. The molecule has 1 aromatic rings. The number of ketones is 1. The molecule has 0 radical (unpaired) electrons. The molecule has 0 fully saturated rings. The Balaban J connectivity index is 2.27. The molecule has 1 aromatic carbocycles. The third-order valence-corrected chi connectivity index (χ3v) is 4.29. The predicted octanol–water partition coefficient (Wildman–Crippen LogP) is 2.34. The second-order valence-electron chi connectivity index (χ2n) is 4.05. The smallest absolute Gasteiger partial charge is 0.296 e. The van der Waals surface area contributed by atoms with Crippen LogP contribution in [0.4, 0.5) is 5.69 Å². The number of anilines is 1. The Morgan fingerprint density at radius 3 is 2.83 bits per heavy atom. The highest BCUT2D eigenvalue weighted by Crippen LogP contribution is 2.37. The van der Waals surface area contributed by atoms with Gasteiger partial charge in [-0.2, -0.15) is 0 Å². The van der Waals surface area contributed by atoms with Gasteiger partial charge in [0.05, 0.1) is 16.3 Å². The molecule has 1 atom stereocenters. The first-order valence-electron chi connectivity index (χ1n) is 5.49. The Morgan fingerprint density at radius 2 is 2.17 bits per heavy atom. The maximum atomic E-state index is 11.5. The number of hydrogen-bond acceptors (Lipinski definition) is 4. The topological polar surface area (TPSA) is 66.4 Å². The molecule has 1 aliphatic rings. The molecule has 1 amide bonds. The predicted molar refractivity (Wildman–Crippen MR) is 71.4 cm³/mol. The number of hydrogen-bond donors (Lipinski definition) is 2. The van der Waals surface area contributed by atoms with Gasteiger partial charge < -0.3 is 10.4 Å². The third-order valence-electron chi connectivity index (χ3n) is 2.63. The number of aliphatic hydroxyl groups is 1. The summed E-state index contributed by atoms with van der Waals surface area (Å²) in [7, 11) is 0. The number of thioether (sulfide) groups is 1. The van der Waals surface area contributed by atoms with Crippen LogP contribution in [0, 0.1) is 0 Å². The fraction of sp³-hybridized carbons (Fsp3) is 0.333. The van der Waals surface area contributed by atoms with Crippen LogP contribution in [-0.2, 0) is 4.79 Å². The summed E-state index contributed by atoms with van der Waals surface area (Å²) >= 11 is 7.60. The summed E-state index contributed by atoms with van der Waals surface area (Å²) in [6.07, 6.45) is 0.656. The zero-order chi connectivity index (χ0) is 13.3. The molecule has 4 nitrogen and oxygen atoms in total. The maximum absolute atomic E-state index is 11.5. The molecule has 96 valence electrons. The minimum Gasteiger partial charge on any atom is -0.396 e. The lowest BCUT2D eigenvalue weighted by molar-refractivity contribution is -0.112. The van der Waals surface area contributed by atoms with Crippen LogP contribution in [0.15, 0.2) is 17.0 Å². The number of carbonyl (C=O) groups is 2. The molecule has 1 aliphatic heterocycles. The van der Waals surface area contributed by atoms with E-state index in [4.69, 9.17) is 16.7 Å². The van der Waals surface area contributed by atoms with Crippen LogP contribution in [0.2, 0.25) is 5.02 Å². The monoisotopic (exact) mass is 285 g/mol. The Hall–Kier alpha value is -1.04. The summed E-state index contributed by atoms with van der Waals surface area (Å²) in [5, 5.41) is 12.0. The lowest BCUT2D eigenvalue weighted by atomic mass is 10.1. The van der Waals surface area contributed by atoms with Gasteiger partial charge in [0.2, 0.25) is 0 Å². The van der Waals surface area contributed by atoms with E-state index in [9.17, 15) is 9.59 Å². The van der Waals surface area contributed by atoms with Crippen molar-refractivity contribution in [1.29, 1.82) is 0 Å². The summed E-state index contributed by atoms with van der Waals surface area (Å²) in [6.45, 7) is 2.10. The fourth-order valence-corrected chi connectivity index (χ4v) is 3.01. The Labute approximate surface area is 114 Å². The first-order chi connectivity index (χ1) is 8.52. The Bertz CT molecular complexity index is 518. The van der Waals surface area contributed by atoms with Crippen LogP contribution in [-0.4, -0.2) is 28.7 Å². The quantitative estimate of drug-likeness (QED) is 0.658. The summed E-state index contributed by atoms with van der Waals surface area (Å²) in [5.41, 5.74) is 0.831. The van der Waals surface area contributed by atoms with Gasteiger partial charge in [-0.05, 0) is 18.6 Å². The van der Waals surface area contributed by atoms with E-state index in [1.54, 1.807) is 6.07 Å². The van der Waals surface area contributed by atoms with Crippen molar-refractivity contribution in [2.75, 3.05) is 11.9 Å². The van der Waals surface area contributed by atoms with Crippen LogP contribution in [0.5, 0.6) is 0 Å². The average molecular weight is 286 g/mol. The van der Waals surface area contributed by atoms with Crippen molar-refractivity contribution < 1.29 is 14.7 Å². The zero-order valence-corrected chi connectivity index (χ0v) is 11.3. The van der Waals surface area contributed by atoms with Crippen molar-refractivity contribution in [1.82, 2.24) is 0 Å². The first-order valence-corrected chi connectivity index (χ1v) is 6.75. The number of carbonyl (C=O) groups excluding carboxylic acids is 2. The van der Waals surface area contributed by atoms with E-state index in [0.717, 1.165) is 4.90 Å². The first kappa shape index (κ1) is 13.4. The summed E-state index contributed by atoms with van der Waals surface area (Å²) in [5.74, 6) is -1.17. The molecule has 0 bridgehead atoms. The van der Waals surface area contributed by atoms with Gasteiger partial charge in [0.15, 0.2) is 0 Å². The highest BCUT2D eigenvalue weighted by molar-refractivity contribution is 8.00. The number of aliphatic hydroxyl groups excluding tert-OH is 1. The number of nitrogens with one attached hydrogen (secondary N) is 1. The van der Waals surface area contributed by atoms with Crippen molar-refractivity contribution in [2.45, 2.75) is 23.5 Å². The van der Waals surface area contributed by atoms with E-state index in [1.165, 1.54) is 17.8 Å². The molecular formula is C12H12ClNO3S. The average Bonchev–Trinajstić information content (AvgIpc) is 2.57. The number of halogens is 1. The van der Waals surface area contributed by atoms with Crippen molar-refractivity contribution in [3.63, 3.8) is 0 Å². The lowest BCUT2D eigenvalue weighted by Gasteiger charge is -2.11. The van der Waals surface area contributed by atoms with Crippen LogP contribution in [0.3, 0.4) is 0 Å². The molecule has 18 heavy (non-hydrogen) atoms. The molecule has 2 rings (SSSR count). The van der Waals surface area contributed by atoms with Gasteiger partial charge in [-0.25, -0.2) is 0 Å².